The fraction of sp³-hybridized carbons (Fsp3) is 0. The Bertz CT molecular complexity index is 872. The summed E-state index contributed by atoms with van der Waals surface area (Å²) in [6.07, 6.45) is 0. The second-order valence-electron chi connectivity index (χ2n) is 3.78. The molecular weight excluding hydrogens is 335 g/mol. The van der Waals surface area contributed by atoms with E-state index in [1.54, 1.807) is 0 Å². The van der Waals surface area contributed by atoms with Crippen LogP contribution in [0.25, 0.3) is 10.8 Å². The number of benzene rings is 2. The van der Waals surface area contributed by atoms with Crippen molar-refractivity contribution in [2.24, 2.45) is 0 Å². The van der Waals surface area contributed by atoms with E-state index >= 15 is 0 Å². The summed E-state index contributed by atoms with van der Waals surface area (Å²) in [7, 11) is -9.34. The van der Waals surface area contributed by atoms with Crippen molar-refractivity contribution in [1.29, 1.82) is 0 Å². The quantitative estimate of drug-likeness (QED) is 0.531. The van der Waals surface area contributed by atoms with Crippen LogP contribution in [0.4, 0.5) is 0 Å². The van der Waals surface area contributed by atoms with E-state index in [2.05, 4.69) is 0 Å². The summed E-state index contributed by atoms with van der Waals surface area (Å²) in [5.74, 6) is -0.253. The normalized spacial score (nSPS) is 12.1. The number of fused-ring (bicyclic) bond motifs is 1. The molecule has 0 heterocycles. The first kappa shape index (κ1) is 18.0. The van der Waals surface area contributed by atoms with Gasteiger partial charge in [0, 0.05) is 5.39 Å². The van der Waals surface area contributed by atoms with Crippen molar-refractivity contribution in [2.45, 2.75) is 9.79 Å². The van der Waals surface area contributed by atoms with Crippen molar-refractivity contribution in [3.8, 4) is 5.75 Å². The molecule has 0 aliphatic carbocycles. The topological polar surface area (TPSA) is 129 Å². The second-order valence-corrected chi connectivity index (χ2v) is 6.59. The summed E-state index contributed by atoms with van der Waals surface area (Å²) in [6, 6.07) is 5.18. The zero-order valence-electron chi connectivity index (χ0n) is 9.18. The first-order chi connectivity index (χ1) is 8.59. The third-order valence-corrected chi connectivity index (χ3v) is 4.17. The molecule has 0 saturated heterocycles. The van der Waals surface area contributed by atoms with Crippen LogP contribution in [0.1, 0.15) is 0 Å². The van der Waals surface area contributed by atoms with Crippen molar-refractivity contribution >= 4 is 82.4 Å². The Morgan fingerprint density at radius 1 is 0.850 bits per heavy atom. The number of phenols is 1. The Balaban J connectivity index is 0.00000200. The predicted molar refractivity (Wildman–Crippen MR) is 72.4 cm³/mol. The minimum atomic E-state index is -4.72. The molecule has 0 aliphatic heterocycles. The first-order valence-corrected chi connectivity index (χ1v) is 7.69. The molecule has 2 aromatic rings. The fourth-order valence-corrected chi connectivity index (χ4v) is 3.00. The third-order valence-electron chi connectivity index (χ3n) is 2.45. The van der Waals surface area contributed by atoms with E-state index in [4.69, 9.17) is 9.11 Å². The molecule has 2 rings (SSSR count). The van der Waals surface area contributed by atoms with Crippen LogP contribution in [0.3, 0.4) is 0 Å². The number of hydrogen-bond donors (Lipinski definition) is 3. The molecule has 104 valence electrons. The van der Waals surface area contributed by atoms with Crippen LogP contribution in [0.2, 0.25) is 0 Å². The Morgan fingerprint density at radius 2 is 1.45 bits per heavy atom. The van der Waals surface area contributed by atoms with Crippen molar-refractivity contribution in [3.63, 3.8) is 0 Å². The molecule has 0 radical (unpaired) electrons. The van der Waals surface area contributed by atoms with E-state index in [9.17, 15) is 21.9 Å². The summed E-state index contributed by atoms with van der Waals surface area (Å²) < 4.78 is 62.6. The van der Waals surface area contributed by atoms with E-state index in [0.29, 0.717) is 6.07 Å². The van der Waals surface area contributed by atoms with Gasteiger partial charge in [0.1, 0.15) is 10.6 Å². The molecule has 0 fully saturated rings. The number of phenolic OH excluding ortho intramolecular Hbond substituents is 1. The summed E-state index contributed by atoms with van der Waals surface area (Å²) in [5, 5.41) is 9.37. The number of aromatic hydroxyl groups is 1. The Kier molecular flexibility index (Phi) is 5.39. The standard InChI is InChI=1S/C10H8O7S2.K.H/c11-7-2-1-6-3-8(18(12,13)14)5-10(9(6)4-7)19(15,16)17;;/h1-5,11H,(H,12,13,14)(H,15,16,17);;. The Hall–Kier alpha value is -0.0436. The SMILES string of the molecule is O=S(=O)(O)c1cc(S(=O)(=O)O)c2cc(O)ccc2c1.[KH]. The number of rotatable bonds is 2. The fourth-order valence-electron chi connectivity index (χ4n) is 1.65. The molecule has 0 saturated carbocycles. The minimum absolute atomic E-state index is 0. The summed E-state index contributed by atoms with van der Waals surface area (Å²) in [4.78, 5) is -1.38. The average Bonchev–Trinajstić information content (AvgIpc) is 2.24. The van der Waals surface area contributed by atoms with Gasteiger partial charge in [-0.25, -0.2) is 0 Å². The zero-order chi connectivity index (χ0) is 14.4. The van der Waals surface area contributed by atoms with Gasteiger partial charge in [-0.3, -0.25) is 9.11 Å². The average molecular weight is 344 g/mol. The third kappa shape index (κ3) is 3.78. The van der Waals surface area contributed by atoms with Crippen LogP contribution in [0.5, 0.6) is 5.75 Å². The van der Waals surface area contributed by atoms with E-state index in [-0.39, 0.29) is 67.9 Å². The second kappa shape index (κ2) is 5.99. The van der Waals surface area contributed by atoms with Crippen molar-refractivity contribution in [2.75, 3.05) is 0 Å². The molecule has 0 atom stereocenters. The molecule has 0 spiro atoms. The van der Waals surface area contributed by atoms with E-state index in [1.807, 2.05) is 0 Å². The van der Waals surface area contributed by atoms with Gasteiger partial charge in [0.25, 0.3) is 20.2 Å². The molecule has 0 unspecified atom stereocenters. The molecule has 0 bridgehead atoms. The van der Waals surface area contributed by atoms with E-state index in [1.165, 1.54) is 12.1 Å². The molecule has 0 aromatic heterocycles. The van der Waals surface area contributed by atoms with Crippen LogP contribution >= 0.6 is 0 Å². The molecule has 10 heteroatoms. The van der Waals surface area contributed by atoms with Gasteiger partial charge in [-0.1, -0.05) is 6.07 Å². The van der Waals surface area contributed by atoms with Gasteiger partial charge >= 0.3 is 51.4 Å². The van der Waals surface area contributed by atoms with Crippen LogP contribution in [0, 0.1) is 0 Å². The van der Waals surface area contributed by atoms with Gasteiger partial charge in [-0.2, -0.15) is 16.8 Å². The molecular formula is C10H9KO7S2. The predicted octanol–water partition coefficient (Wildman–Crippen LogP) is 0.390. The van der Waals surface area contributed by atoms with E-state index < -0.39 is 30.0 Å². The number of hydrogen-bond acceptors (Lipinski definition) is 5. The molecule has 7 nitrogen and oxygen atoms in total. The summed E-state index contributed by atoms with van der Waals surface area (Å²) >= 11 is 0. The van der Waals surface area contributed by atoms with Crippen molar-refractivity contribution < 1.29 is 31.0 Å². The van der Waals surface area contributed by atoms with Gasteiger partial charge in [0.15, 0.2) is 0 Å². The molecule has 20 heavy (non-hydrogen) atoms. The maximum atomic E-state index is 11.2. The Morgan fingerprint density at radius 3 is 1.95 bits per heavy atom. The zero-order valence-corrected chi connectivity index (χ0v) is 10.8. The monoisotopic (exact) mass is 344 g/mol. The van der Waals surface area contributed by atoms with Crippen molar-refractivity contribution in [1.82, 2.24) is 0 Å². The van der Waals surface area contributed by atoms with E-state index in [0.717, 1.165) is 12.1 Å². The van der Waals surface area contributed by atoms with Crippen LogP contribution < -0.4 is 0 Å². The summed E-state index contributed by atoms with van der Waals surface area (Å²) in [6.45, 7) is 0. The van der Waals surface area contributed by atoms with Gasteiger partial charge in [0.2, 0.25) is 0 Å². The summed E-state index contributed by atoms with van der Waals surface area (Å²) in [5.41, 5.74) is 0. The Labute approximate surface area is 157 Å². The van der Waals surface area contributed by atoms with Gasteiger partial charge in [0.05, 0.1) is 4.90 Å². The van der Waals surface area contributed by atoms with Crippen LogP contribution in [0.15, 0.2) is 40.1 Å². The molecule has 3 N–H and O–H groups in total. The van der Waals surface area contributed by atoms with Gasteiger partial charge in [-0.05, 0) is 29.7 Å². The molecule has 2 aromatic carbocycles. The maximum absolute atomic E-state index is 11.2. The van der Waals surface area contributed by atoms with Crippen LogP contribution in [-0.4, -0.2) is 82.4 Å². The first-order valence-electron chi connectivity index (χ1n) is 4.81. The molecule has 0 amide bonds. The molecule has 0 aliphatic rings. The van der Waals surface area contributed by atoms with Crippen LogP contribution in [-0.2, 0) is 20.2 Å². The van der Waals surface area contributed by atoms with Gasteiger partial charge in [-0.15, -0.1) is 0 Å². The van der Waals surface area contributed by atoms with Gasteiger partial charge < -0.3 is 5.11 Å². The van der Waals surface area contributed by atoms with Crippen molar-refractivity contribution in [3.05, 3.63) is 30.3 Å².